The summed E-state index contributed by atoms with van der Waals surface area (Å²) in [6.45, 7) is 1.92. The molecule has 0 aliphatic heterocycles. The second kappa shape index (κ2) is 6.23. The number of primary amides is 1. The number of aromatic amines is 1. The smallest absolute Gasteiger partial charge is 0.240 e. The first-order chi connectivity index (χ1) is 9.61. The van der Waals surface area contributed by atoms with Crippen LogP contribution in [-0.2, 0) is 16.0 Å². The number of carbonyl (C=O) groups is 2. The van der Waals surface area contributed by atoms with E-state index in [2.05, 4.69) is 10.3 Å². The summed E-state index contributed by atoms with van der Waals surface area (Å²) < 4.78 is 0. The van der Waals surface area contributed by atoms with Crippen molar-refractivity contribution in [3.05, 3.63) is 36.0 Å². The van der Waals surface area contributed by atoms with Crippen molar-refractivity contribution in [2.45, 2.75) is 32.2 Å². The van der Waals surface area contributed by atoms with E-state index in [1.807, 2.05) is 37.4 Å². The normalized spacial score (nSPS) is 12.2. The molecule has 20 heavy (non-hydrogen) atoms. The molecule has 0 aliphatic rings. The summed E-state index contributed by atoms with van der Waals surface area (Å²) >= 11 is 0. The van der Waals surface area contributed by atoms with Gasteiger partial charge in [-0.05, 0) is 18.1 Å². The molecular formula is C15H19N3O2. The first-order valence-electron chi connectivity index (χ1n) is 6.75. The Labute approximate surface area is 117 Å². The van der Waals surface area contributed by atoms with Crippen LogP contribution in [0.15, 0.2) is 30.5 Å². The molecule has 0 bridgehead atoms. The third-order valence-electron chi connectivity index (χ3n) is 3.25. The maximum absolute atomic E-state index is 11.6. The van der Waals surface area contributed by atoms with Gasteiger partial charge in [-0.15, -0.1) is 0 Å². The zero-order chi connectivity index (χ0) is 14.5. The molecule has 1 heterocycles. The minimum atomic E-state index is -0.673. The van der Waals surface area contributed by atoms with Gasteiger partial charge < -0.3 is 16.0 Å². The Morgan fingerprint density at radius 1 is 1.35 bits per heavy atom. The molecule has 2 rings (SSSR count). The van der Waals surface area contributed by atoms with Gasteiger partial charge in [-0.25, -0.2) is 0 Å². The summed E-state index contributed by atoms with van der Waals surface area (Å²) in [5.74, 6) is -0.657. The van der Waals surface area contributed by atoms with Gasteiger partial charge >= 0.3 is 0 Å². The van der Waals surface area contributed by atoms with E-state index < -0.39 is 11.9 Å². The maximum Gasteiger partial charge on any atom is 0.240 e. The number of nitrogens with two attached hydrogens (primary N) is 1. The van der Waals surface area contributed by atoms with E-state index in [0.717, 1.165) is 22.9 Å². The van der Waals surface area contributed by atoms with Crippen LogP contribution in [0.4, 0.5) is 0 Å². The van der Waals surface area contributed by atoms with Crippen LogP contribution in [0.5, 0.6) is 0 Å². The zero-order valence-electron chi connectivity index (χ0n) is 11.5. The number of rotatable bonds is 6. The van der Waals surface area contributed by atoms with Gasteiger partial charge in [0.2, 0.25) is 11.8 Å². The highest BCUT2D eigenvalue weighted by Gasteiger charge is 2.19. The molecule has 5 heteroatoms. The van der Waals surface area contributed by atoms with Gasteiger partial charge in [0.1, 0.15) is 6.04 Å². The molecule has 2 amide bonds. The van der Waals surface area contributed by atoms with Crippen LogP contribution in [0, 0.1) is 0 Å². The van der Waals surface area contributed by atoms with E-state index in [-0.39, 0.29) is 5.91 Å². The number of aromatic nitrogens is 1. The van der Waals surface area contributed by atoms with Gasteiger partial charge in [-0.1, -0.05) is 25.1 Å². The second-order valence-electron chi connectivity index (χ2n) is 4.84. The van der Waals surface area contributed by atoms with Crippen LogP contribution in [0.3, 0.4) is 0 Å². The van der Waals surface area contributed by atoms with Crippen molar-refractivity contribution in [3.63, 3.8) is 0 Å². The predicted molar refractivity (Wildman–Crippen MR) is 78.0 cm³/mol. The van der Waals surface area contributed by atoms with Gasteiger partial charge in [0, 0.05) is 29.9 Å². The quantitative estimate of drug-likeness (QED) is 0.744. The Hall–Kier alpha value is -2.30. The molecule has 0 radical (unpaired) electrons. The highest BCUT2D eigenvalue weighted by atomic mass is 16.2. The Balaban J connectivity index is 2.15. The van der Waals surface area contributed by atoms with Gasteiger partial charge in [-0.3, -0.25) is 9.59 Å². The fourth-order valence-corrected chi connectivity index (χ4v) is 2.24. The first-order valence-corrected chi connectivity index (χ1v) is 6.75. The summed E-state index contributed by atoms with van der Waals surface area (Å²) in [4.78, 5) is 26.3. The third kappa shape index (κ3) is 3.17. The number of amides is 2. The molecule has 1 aromatic heterocycles. The molecule has 1 unspecified atom stereocenters. The van der Waals surface area contributed by atoms with E-state index in [1.54, 1.807) is 0 Å². The lowest BCUT2D eigenvalue weighted by atomic mass is 10.0. The summed E-state index contributed by atoms with van der Waals surface area (Å²) in [6, 6.07) is 7.15. The van der Waals surface area contributed by atoms with Crippen molar-refractivity contribution in [3.8, 4) is 0 Å². The molecule has 2 aromatic rings. The molecule has 0 fully saturated rings. The Morgan fingerprint density at radius 3 is 2.80 bits per heavy atom. The molecular weight excluding hydrogens is 254 g/mol. The topological polar surface area (TPSA) is 88.0 Å². The number of fused-ring (bicyclic) bond motifs is 1. The van der Waals surface area contributed by atoms with Crippen molar-refractivity contribution in [1.82, 2.24) is 10.3 Å². The van der Waals surface area contributed by atoms with Crippen molar-refractivity contribution >= 4 is 22.7 Å². The Bertz CT molecular complexity index is 618. The third-order valence-corrected chi connectivity index (χ3v) is 3.25. The fraction of sp³-hybridized carbons (Fsp3) is 0.333. The number of nitrogens with one attached hydrogen (secondary N) is 2. The van der Waals surface area contributed by atoms with Gasteiger partial charge in [0.05, 0.1) is 0 Å². The number of para-hydroxylation sites is 1. The molecule has 0 spiro atoms. The average Bonchev–Trinajstić information content (AvgIpc) is 2.82. The maximum atomic E-state index is 11.6. The zero-order valence-corrected chi connectivity index (χ0v) is 11.5. The highest BCUT2D eigenvalue weighted by Crippen LogP contribution is 2.19. The van der Waals surface area contributed by atoms with Gasteiger partial charge in [0.15, 0.2) is 0 Å². The largest absolute Gasteiger partial charge is 0.368 e. The lowest BCUT2D eigenvalue weighted by Gasteiger charge is -2.14. The number of carbonyl (C=O) groups excluding carboxylic acids is 2. The van der Waals surface area contributed by atoms with Crippen LogP contribution in [-0.4, -0.2) is 22.8 Å². The van der Waals surface area contributed by atoms with Gasteiger partial charge in [-0.2, -0.15) is 0 Å². The van der Waals surface area contributed by atoms with E-state index in [1.165, 1.54) is 0 Å². The Kier molecular flexibility index (Phi) is 4.40. The average molecular weight is 273 g/mol. The van der Waals surface area contributed by atoms with Crippen LogP contribution in [0.2, 0.25) is 0 Å². The van der Waals surface area contributed by atoms with Crippen molar-refractivity contribution < 1.29 is 9.59 Å². The summed E-state index contributed by atoms with van der Waals surface area (Å²) in [5.41, 5.74) is 7.36. The lowest BCUT2D eigenvalue weighted by molar-refractivity contribution is -0.127. The molecule has 1 aromatic carbocycles. The molecule has 0 aliphatic carbocycles. The number of hydrogen-bond donors (Lipinski definition) is 3. The minimum Gasteiger partial charge on any atom is -0.368 e. The summed E-state index contributed by atoms with van der Waals surface area (Å²) in [5, 5.41) is 3.74. The van der Waals surface area contributed by atoms with Crippen LogP contribution >= 0.6 is 0 Å². The predicted octanol–water partition coefficient (Wildman–Crippen LogP) is 1.48. The number of H-pyrrole nitrogens is 1. The van der Waals surface area contributed by atoms with Gasteiger partial charge in [0.25, 0.3) is 0 Å². The standard InChI is InChI=1S/C15H19N3O2/c1-2-5-14(19)18-13(15(16)20)8-10-9-17-12-7-4-3-6-11(10)12/h3-4,6-7,9,13,17H,2,5,8H2,1H3,(H2,16,20)(H,18,19). The minimum absolute atomic E-state index is 0.142. The van der Waals surface area contributed by atoms with Crippen LogP contribution < -0.4 is 11.1 Å². The molecule has 106 valence electrons. The van der Waals surface area contributed by atoms with Crippen molar-refractivity contribution in [2.24, 2.45) is 5.73 Å². The molecule has 0 saturated heterocycles. The first kappa shape index (κ1) is 14.1. The monoisotopic (exact) mass is 273 g/mol. The molecule has 1 atom stereocenters. The number of hydrogen-bond acceptors (Lipinski definition) is 2. The van der Waals surface area contributed by atoms with Crippen LogP contribution in [0.25, 0.3) is 10.9 Å². The lowest BCUT2D eigenvalue weighted by Crippen LogP contribution is -2.45. The van der Waals surface area contributed by atoms with E-state index in [9.17, 15) is 9.59 Å². The highest BCUT2D eigenvalue weighted by molar-refractivity contribution is 5.88. The van der Waals surface area contributed by atoms with Crippen molar-refractivity contribution in [1.29, 1.82) is 0 Å². The molecule has 5 nitrogen and oxygen atoms in total. The van der Waals surface area contributed by atoms with E-state index >= 15 is 0 Å². The second-order valence-corrected chi connectivity index (χ2v) is 4.84. The Morgan fingerprint density at radius 2 is 2.10 bits per heavy atom. The van der Waals surface area contributed by atoms with E-state index in [0.29, 0.717) is 12.8 Å². The SMILES string of the molecule is CCCC(=O)NC(Cc1c[nH]c2ccccc12)C(N)=O. The van der Waals surface area contributed by atoms with E-state index in [4.69, 9.17) is 5.73 Å². The summed E-state index contributed by atoms with van der Waals surface area (Å²) in [7, 11) is 0. The number of benzene rings is 1. The van der Waals surface area contributed by atoms with Crippen molar-refractivity contribution in [2.75, 3.05) is 0 Å². The fourth-order valence-electron chi connectivity index (χ4n) is 2.24. The molecule has 0 saturated carbocycles. The molecule has 4 N–H and O–H groups in total. The summed E-state index contributed by atoms with van der Waals surface area (Å²) in [6.07, 6.45) is 3.39. The van der Waals surface area contributed by atoms with Crippen LogP contribution in [0.1, 0.15) is 25.3 Å².